The van der Waals surface area contributed by atoms with E-state index in [9.17, 15) is 13.2 Å². The molecule has 0 spiro atoms. The minimum Gasteiger partial charge on any atom is -0.340 e. The first kappa shape index (κ1) is 16.1. The van der Waals surface area contributed by atoms with Crippen molar-refractivity contribution in [3.63, 3.8) is 0 Å². The molecule has 26 heavy (non-hydrogen) atoms. The van der Waals surface area contributed by atoms with Crippen LogP contribution in [0.15, 0.2) is 66.7 Å². The van der Waals surface area contributed by atoms with Crippen LogP contribution in [0.25, 0.3) is 22.3 Å². The predicted octanol–water partition coefficient (Wildman–Crippen LogP) is 5.46. The summed E-state index contributed by atoms with van der Waals surface area (Å²) in [5.74, 6) is -1.77. The SMILES string of the molecule is Fc1ccc(Nc2nc(-c3ccccc3F)nc3ccccc23)cc1F. The Hall–Kier alpha value is -3.41. The number of benzene rings is 3. The van der Waals surface area contributed by atoms with Crippen molar-refractivity contribution in [2.75, 3.05) is 5.32 Å². The zero-order chi connectivity index (χ0) is 18.1. The molecule has 6 heteroatoms. The molecule has 0 atom stereocenters. The van der Waals surface area contributed by atoms with E-state index >= 15 is 0 Å². The number of para-hydroxylation sites is 1. The van der Waals surface area contributed by atoms with E-state index in [1.54, 1.807) is 30.3 Å². The Morgan fingerprint density at radius 3 is 2.27 bits per heavy atom. The fourth-order valence-electron chi connectivity index (χ4n) is 2.65. The lowest BCUT2D eigenvalue weighted by Crippen LogP contribution is -2.01. The van der Waals surface area contributed by atoms with Crippen LogP contribution in [0.3, 0.4) is 0 Å². The van der Waals surface area contributed by atoms with Gasteiger partial charge >= 0.3 is 0 Å². The third kappa shape index (κ3) is 2.97. The van der Waals surface area contributed by atoms with Crippen LogP contribution in [0, 0.1) is 17.5 Å². The van der Waals surface area contributed by atoms with Gasteiger partial charge in [-0.3, -0.25) is 0 Å². The van der Waals surface area contributed by atoms with Gasteiger partial charge in [0, 0.05) is 17.1 Å². The number of hydrogen-bond acceptors (Lipinski definition) is 3. The summed E-state index contributed by atoms with van der Waals surface area (Å²) in [6, 6.07) is 16.8. The van der Waals surface area contributed by atoms with E-state index in [-0.39, 0.29) is 11.4 Å². The van der Waals surface area contributed by atoms with Crippen molar-refractivity contribution in [2.24, 2.45) is 0 Å². The van der Waals surface area contributed by atoms with E-state index in [0.29, 0.717) is 22.4 Å². The van der Waals surface area contributed by atoms with E-state index in [1.807, 2.05) is 12.1 Å². The van der Waals surface area contributed by atoms with Crippen LogP contribution in [-0.4, -0.2) is 9.97 Å². The van der Waals surface area contributed by atoms with Crippen LogP contribution in [0.4, 0.5) is 24.7 Å². The van der Waals surface area contributed by atoms with Crippen LogP contribution < -0.4 is 5.32 Å². The molecular formula is C20H12F3N3. The second kappa shape index (κ2) is 6.48. The van der Waals surface area contributed by atoms with Gasteiger partial charge in [-0.1, -0.05) is 24.3 Å². The largest absolute Gasteiger partial charge is 0.340 e. The van der Waals surface area contributed by atoms with Crippen molar-refractivity contribution in [2.45, 2.75) is 0 Å². The highest BCUT2D eigenvalue weighted by atomic mass is 19.2. The number of aromatic nitrogens is 2. The first-order chi connectivity index (χ1) is 12.6. The van der Waals surface area contributed by atoms with Crippen molar-refractivity contribution < 1.29 is 13.2 Å². The van der Waals surface area contributed by atoms with Crippen molar-refractivity contribution in [3.8, 4) is 11.4 Å². The number of fused-ring (bicyclic) bond motifs is 1. The van der Waals surface area contributed by atoms with Crippen LogP contribution in [0.5, 0.6) is 0 Å². The summed E-state index contributed by atoms with van der Waals surface area (Å²) in [6.07, 6.45) is 0. The minimum atomic E-state index is -0.970. The fraction of sp³-hybridized carbons (Fsp3) is 0. The molecule has 0 unspecified atom stereocenters. The van der Waals surface area contributed by atoms with Gasteiger partial charge in [-0.05, 0) is 36.4 Å². The lowest BCUT2D eigenvalue weighted by Gasteiger charge is -2.11. The molecule has 1 heterocycles. The topological polar surface area (TPSA) is 37.8 Å². The lowest BCUT2D eigenvalue weighted by molar-refractivity contribution is 0.509. The maximum atomic E-state index is 14.1. The molecule has 0 bridgehead atoms. The molecule has 0 aliphatic carbocycles. The zero-order valence-corrected chi connectivity index (χ0v) is 13.4. The molecule has 0 fully saturated rings. The number of anilines is 2. The number of nitrogens with zero attached hydrogens (tertiary/aromatic N) is 2. The Balaban J connectivity index is 1.87. The highest BCUT2D eigenvalue weighted by Gasteiger charge is 2.13. The summed E-state index contributed by atoms with van der Waals surface area (Å²) in [7, 11) is 0. The molecule has 1 N–H and O–H groups in total. The highest BCUT2D eigenvalue weighted by Crippen LogP contribution is 2.28. The molecule has 0 saturated heterocycles. The number of halogens is 3. The van der Waals surface area contributed by atoms with Gasteiger partial charge in [0.1, 0.15) is 11.6 Å². The van der Waals surface area contributed by atoms with Crippen molar-refractivity contribution in [1.82, 2.24) is 9.97 Å². The van der Waals surface area contributed by atoms with Crippen LogP contribution in [-0.2, 0) is 0 Å². The Kier molecular flexibility index (Phi) is 4.01. The average Bonchev–Trinajstić information content (AvgIpc) is 2.65. The van der Waals surface area contributed by atoms with E-state index < -0.39 is 17.5 Å². The van der Waals surface area contributed by atoms with Crippen LogP contribution in [0.2, 0.25) is 0 Å². The van der Waals surface area contributed by atoms with Crippen molar-refractivity contribution in [3.05, 3.63) is 84.2 Å². The molecule has 3 aromatic carbocycles. The van der Waals surface area contributed by atoms with Gasteiger partial charge < -0.3 is 5.32 Å². The smallest absolute Gasteiger partial charge is 0.165 e. The second-order valence-corrected chi connectivity index (χ2v) is 5.65. The van der Waals surface area contributed by atoms with Crippen molar-refractivity contribution in [1.29, 1.82) is 0 Å². The quantitative estimate of drug-likeness (QED) is 0.533. The average molecular weight is 351 g/mol. The summed E-state index contributed by atoms with van der Waals surface area (Å²) < 4.78 is 40.8. The van der Waals surface area contributed by atoms with Crippen LogP contribution in [0.1, 0.15) is 0 Å². The molecule has 0 radical (unpaired) electrons. The Morgan fingerprint density at radius 1 is 0.692 bits per heavy atom. The van der Waals surface area contributed by atoms with Crippen molar-refractivity contribution >= 4 is 22.4 Å². The number of hydrogen-bond donors (Lipinski definition) is 1. The molecule has 0 saturated carbocycles. The number of rotatable bonds is 3. The van der Waals surface area contributed by atoms with E-state index in [0.717, 1.165) is 12.1 Å². The molecule has 1 aromatic heterocycles. The standard InChI is InChI=1S/C20H12F3N3/c21-15-7-3-1-5-13(15)19-25-18-8-4-2-6-14(18)20(26-19)24-12-9-10-16(22)17(23)11-12/h1-11H,(H,24,25,26). The molecule has 128 valence electrons. The normalized spacial score (nSPS) is 10.9. The molecular weight excluding hydrogens is 339 g/mol. The molecule has 4 aromatic rings. The lowest BCUT2D eigenvalue weighted by atomic mass is 10.1. The Morgan fingerprint density at radius 2 is 1.46 bits per heavy atom. The maximum absolute atomic E-state index is 14.1. The molecule has 0 aliphatic rings. The predicted molar refractivity (Wildman–Crippen MR) is 94.6 cm³/mol. The molecule has 0 aliphatic heterocycles. The molecule has 4 rings (SSSR count). The Bertz CT molecular complexity index is 1110. The van der Waals surface area contributed by atoms with Gasteiger partial charge in [-0.25, -0.2) is 23.1 Å². The van der Waals surface area contributed by atoms with Gasteiger partial charge in [-0.15, -0.1) is 0 Å². The highest BCUT2D eigenvalue weighted by molar-refractivity contribution is 5.92. The monoisotopic (exact) mass is 351 g/mol. The van der Waals surface area contributed by atoms with E-state index in [4.69, 9.17) is 0 Å². The fourth-order valence-corrected chi connectivity index (χ4v) is 2.65. The molecule has 0 amide bonds. The maximum Gasteiger partial charge on any atom is 0.165 e. The second-order valence-electron chi connectivity index (χ2n) is 5.65. The summed E-state index contributed by atoms with van der Waals surface area (Å²) >= 11 is 0. The van der Waals surface area contributed by atoms with Gasteiger partial charge in [0.15, 0.2) is 17.5 Å². The zero-order valence-electron chi connectivity index (χ0n) is 13.4. The van der Waals surface area contributed by atoms with Gasteiger partial charge in [0.25, 0.3) is 0 Å². The summed E-state index contributed by atoms with van der Waals surface area (Å²) in [4.78, 5) is 8.82. The first-order valence-corrected chi connectivity index (χ1v) is 7.85. The van der Waals surface area contributed by atoms with Gasteiger partial charge in [0.05, 0.1) is 11.1 Å². The van der Waals surface area contributed by atoms with Gasteiger partial charge in [0.2, 0.25) is 0 Å². The summed E-state index contributed by atoms with van der Waals surface area (Å²) in [6.45, 7) is 0. The first-order valence-electron chi connectivity index (χ1n) is 7.85. The third-order valence-corrected chi connectivity index (χ3v) is 3.90. The van der Waals surface area contributed by atoms with E-state index in [1.165, 1.54) is 12.1 Å². The summed E-state index contributed by atoms with van der Waals surface area (Å²) in [5, 5.41) is 3.64. The molecule has 3 nitrogen and oxygen atoms in total. The number of nitrogens with one attached hydrogen (secondary N) is 1. The van der Waals surface area contributed by atoms with Gasteiger partial charge in [-0.2, -0.15) is 0 Å². The third-order valence-electron chi connectivity index (χ3n) is 3.90. The summed E-state index contributed by atoms with van der Waals surface area (Å²) in [5.41, 5.74) is 1.18. The van der Waals surface area contributed by atoms with Crippen LogP contribution >= 0.6 is 0 Å². The Labute approximate surface area is 147 Å². The minimum absolute atomic E-state index is 0.201. The van der Waals surface area contributed by atoms with E-state index in [2.05, 4.69) is 15.3 Å².